The molecule has 0 aliphatic rings. The van der Waals surface area contributed by atoms with Crippen LogP contribution in [-0.2, 0) is 25.6 Å². The van der Waals surface area contributed by atoms with Gasteiger partial charge in [0.2, 0.25) is 17.7 Å². The minimum atomic E-state index is -1.19. The van der Waals surface area contributed by atoms with E-state index in [0.29, 0.717) is 25.8 Å². The molecule has 36 heavy (non-hydrogen) atoms. The number of nitrogens with one attached hydrogen (secondary N) is 4. The minimum Gasteiger partial charge on any atom is -0.480 e. The van der Waals surface area contributed by atoms with Crippen molar-refractivity contribution in [1.82, 2.24) is 20.9 Å². The van der Waals surface area contributed by atoms with E-state index in [-0.39, 0.29) is 12.3 Å². The molecule has 11 nitrogen and oxygen atoms in total. The number of carbonyl (C=O) groups is 4. The van der Waals surface area contributed by atoms with Crippen LogP contribution in [0.15, 0.2) is 30.5 Å². The Morgan fingerprint density at radius 3 is 2.42 bits per heavy atom. The maximum absolute atomic E-state index is 12.7. The van der Waals surface area contributed by atoms with Gasteiger partial charge >= 0.3 is 5.97 Å². The van der Waals surface area contributed by atoms with Crippen molar-refractivity contribution in [2.24, 2.45) is 17.4 Å². The fraction of sp³-hybridized carbons (Fsp3) is 0.520. The lowest BCUT2D eigenvalue weighted by atomic mass is 10.0. The van der Waals surface area contributed by atoms with Crippen LogP contribution in [0.25, 0.3) is 10.9 Å². The van der Waals surface area contributed by atoms with Gasteiger partial charge in [-0.05, 0) is 43.4 Å². The molecule has 3 unspecified atom stereocenters. The average molecular weight is 503 g/mol. The van der Waals surface area contributed by atoms with Crippen molar-refractivity contribution in [2.45, 2.75) is 64.1 Å². The van der Waals surface area contributed by atoms with Gasteiger partial charge in [-0.1, -0.05) is 38.5 Å². The number of aromatic nitrogens is 1. The predicted octanol–water partition coefficient (Wildman–Crippen LogP) is 0.383. The number of aromatic amines is 1. The van der Waals surface area contributed by atoms with E-state index in [1.165, 1.54) is 0 Å². The number of nitrogens with two attached hydrogens (primary N) is 2. The molecule has 11 heteroatoms. The summed E-state index contributed by atoms with van der Waals surface area (Å²) >= 11 is 0. The van der Waals surface area contributed by atoms with Gasteiger partial charge in [0.1, 0.15) is 12.1 Å². The van der Waals surface area contributed by atoms with E-state index in [9.17, 15) is 24.3 Å². The maximum atomic E-state index is 12.7. The third kappa shape index (κ3) is 8.97. The molecule has 0 bridgehead atoms. The molecule has 3 atom stereocenters. The van der Waals surface area contributed by atoms with E-state index < -0.39 is 48.4 Å². The van der Waals surface area contributed by atoms with Crippen LogP contribution in [0.1, 0.15) is 45.1 Å². The molecule has 1 aromatic heterocycles. The average Bonchev–Trinajstić information content (AvgIpc) is 3.24. The largest absolute Gasteiger partial charge is 0.480 e. The van der Waals surface area contributed by atoms with Gasteiger partial charge in [0.25, 0.3) is 0 Å². The highest BCUT2D eigenvalue weighted by Gasteiger charge is 2.26. The van der Waals surface area contributed by atoms with E-state index >= 15 is 0 Å². The molecule has 0 fully saturated rings. The number of carbonyl (C=O) groups excluding carboxylic acids is 3. The second-order valence-corrected chi connectivity index (χ2v) is 9.32. The Labute approximate surface area is 210 Å². The van der Waals surface area contributed by atoms with E-state index in [0.717, 1.165) is 22.9 Å². The first-order valence-corrected chi connectivity index (χ1v) is 12.2. The summed E-state index contributed by atoms with van der Waals surface area (Å²) in [5.74, 6) is -2.72. The molecule has 0 saturated carbocycles. The number of hydrogen-bond donors (Lipinski definition) is 7. The van der Waals surface area contributed by atoms with Crippen LogP contribution < -0.4 is 27.4 Å². The van der Waals surface area contributed by atoms with Crippen LogP contribution in [-0.4, -0.2) is 65.0 Å². The third-order valence-corrected chi connectivity index (χ3v) is 5.80. The summed E-state index contributed by atoms with van der Waals surface area (Å²) in [4.78, 5) is 52.5. The number of carboxylic acid groups (broad SMARTS) is 1. The van der Waals surface area contributed by atoms with Crippen LogP contribution in [0.4, 0.5) is 0 Å². The molecule has 3 amide bonds. The van der Waals surface area contributed by atoms with E-state index in [4.69, 9.17) is 11.5 Å². The number of unbranched alkanes of at least 4 members (excludes halogenated alkanes) is 1. The normalized spacial score (nSPS) is 13.7. The van der Waals surface area contributed by atoms with Crippen molar-refractivity contribution >= 4 is 34.6 Å². The van der Waals surface area contributed by atoms with E-state index in [1.54, 1.807) is 6.20 Å². The summed E-state index contributed by atoms with van der Waals surface area (Å²) in [6.07, 6.45) is 4.06. The van der Waals surface area contributed by atoms with Crippen molar-refractivity contribution in [3.05, 3.63) is 36.0 Å². The second-order valence-electron chi connectivity index (χ2n) is 9.32. The maximum Gasteiger partial charge on any atom is 0.326 e. The summed E-state index contributed by atoms with van der Waals surface area (Å²) < 4.78 is 0. The predicted molar refractivity (Wildman–Crippen MR) is 137 cm³/mol. The minimum absolute atomic E-state index is 0.0765. The Hall–Kier alpha value is -3.44. The number of aliphatic carboxylic acids is 1. The first-order chi connectivity index (χ1) is 17.1. The molecule has 9 N–H and O–H groups in total. The summed E-state index contributed by atoms with van der Waals surface area (Å²) in [6, 6.07) is 4.66. The zero-order valence-corrected chi connectivity index (χ0v) is 20.9. The van der Waals surface area contributed by atoms with Gasteiger partial charge in [-0.25, -0.2) is 4.79 Å². The van der Waals surface area contributed by atoms with Gasteiger partial charge in [0.05, 0.1) is 12.6 Å². The fourth-order valence-corrected chi connectivity index (χ4v) is 3.88. The SMILES string of the molecule is CC(C)CC(NC(=O)C(N)CCCCN)C(=O)NCC(=O)NC(Cc1c[nH]c2ccccc12)C(=O)O. The Bertz CT molecular complexity index is 1040. The zero-order valence-electron chi connectivity index (χ0n) is 20.9. The monoisotopic (exact) mass is 502 g/mol. The number of para-hydroxylation sites is 1. The zero-order chi connectivity index (χ0) is 26.7. The Morgan fingerprint density at radius 1 is 1.03 bits per heavy atom. The summed E-state index contributed by atoms with van der Waals surface area (Å²) in [5.41, 5.74) is 13.0. The quantitative estimate of drug-likeness (QED) is 0.171. The lowest BCUT2D eigenvalue weighted by Gasteiger charge is -2.22. The molecule has 0 aliphatic heterocycles. The van der Waals surface area contributed by atoms with Crippen molar-refractivity contribution in [1.29, 1.82) is 0 Å². The first-order valence-electron chi connectivity index (χ1n) is 12.2. The molecular formula is C25H38N6O5. The number of hydrogen-bond acceptors (Lipinski definition) is 6. The van der Waals surface area contributed by atoms with Gasteiger partial charge in [0, 0.05) is 23.5 Å². The summed E-state index contributed by atoms with van der Waals surface area (Å²) in [7, 11) is 0. The Kier molecular flexibility index (Phi) is 11.4. The van der Waals surface area contributed by atoms with Gasteiger partial charge in [0.15, 0.2) is 0 Å². The third-order valence-electron chi connectivity index (χ3n) is 5.80. The van der Waals surface area contributed by atoms with Gasteiger partial charge < -0.3 is 37.5 Å². The Balaban J connectivity index is 1.93. The number of benzene rings is 1. The number of fused-ring (bicyclic) bond motifs is 1. The molecule has 0 radical (unpaired) electrons. The van der Waals surface area contributed by atoms with Crippen LogP contribution in [0.3, 0.4) is 0 Å². The Morgan fingerprint density at radius 2 is 1.75 bits per heavy atom. The topological polar surface area (TPSA) is 192 Å². The van der Waals surface area contributed by atoms with Crippen LogP contribution >= 0.6 is 0 Å². The number of H-pyrrole nitrogens is 1. The van der Waals surface area contributed by atoms with Crippen molar-refractivity contribution in [2.75, 3.05) is 13.1 Å². The highest BCUT2D eigenvalue weighted by molar-refractivity contribution is 5.93. The van der Waals surface area contributed by atoms with Crippen molar-refractivity contribution < 1.29 is 24.3 Å². The summed E-state index contributed by atoms with van der Waals surface area (Å²) in [6.45, 7) is 3.90. The first kappa shape index (κ1) is 28.8. The molecular weight excluding hydrogens is 464 g/mol. The van der Waals surface area contributed by atoms with Crippen LogP contribution in [0.5, 0.6) is 0 Å². The van der Waals surface area contributed by atoms with E-state index in [1.807, 2.05) is 38.1 Å². The summed E-state index contributed by atoms with van der Waals surface area (Å²) in [5, 5.41) is 18.1. The molecule has 0 saturated heterocycles. The van der Waals surface area contributed by atoms with Crippen molar-refractivity contribution in [3.8, 4) is 0 Å². The highest BCUT2D eigenvalue weighted by Crippen LogP contribution is 2.19. The van der Waals surface area contributed by atoms with Crippen LogP contribution in [0.2, 0.25) is 0 Å². The molecule has 2 aromatic rings. The highest BCUT2D eigenvalue weighted by atomic mass is 16.4. The lowest BCUT2D eigenvalue weighted by molar-refractivity contribution is -0.141. The van der Waals surface area contributed by atoms with E-state index in [2.05, 4.69) is 20.9 Å². The van der Waals surface area contributed by atoms with Gasteiger partial charge in [-0.15, -0.1) is 0 Å². The molecule has 2 rings (SSSR count). The molecule has 198 valence electrons. The van der Waals surface area contributed by atoms with Gasteiger partial charge in [-0.3, -0.25) is 14.4 Å². The molecule has 0 spiro atoms. The van der Waals surface area contributed by atoms with Gasteiger partial charge in [-0.2, -0.15) is 0 Å². The molecule has 1 aromatic carbocycles. The number of rotatable bonds is 15. The van der Waals surface area contributed by atoms with Crippen LogP contribution in [0, 0.1) is 5.92 Å². The number of carboxylic acids is 1. The smallest absolute Gasteiger partial charge is 0.326 e. The second kappa shape index (κ2) is 14.2. The molecule has 0 aliphatic carbocycles. The molecule has 1 heterocycles. The standard InChI is InChI=1S/C25H38N6O5/c1-15(2)11-20(31-23(33)18(27)8-5-6-10-26)24(34)29-14-22(32)30-21(25(35)36)12-16-13-28-19-9-4-3-7-17(16)19/h3-4,7,9,13,15,18,20-21,28H,5-6,8,10-12,14,26-27H2,1-2H3,(H,29,34)(H,30,32)(H,31,33)(H,35,36). The van der Waals surface area contributed by atoms with Crippen molar-refractivity contribution in [3.63, 3.8) is 0 Å². The fourth-order valence-electron chi connectivity index (χ4n) is 3.88. The number of amides is 3. The lowest BCUT2D eigenvalue weighted by Crippen LogP contribution is -2.54.